The molecule has 0 bridgehead atoms. The van der Waals surface area contributed by atoms with Gasteiger partial charge in [-0.3, -0.25) is 9.48 Å². The van der Waals surface area contributed by atoms with E-state index in [0.717, 1.165) is 12.8 Å². The van der Waals surface area contributed by atoms with E-state index in [-0.39, 0.29) is 16.6 Å². The van der Waals surface area contributed by atoms with Gasteiger partial charge in [0.1, 0.15) is 11.7 Å². The number of rotatable bonds is 2. The third-order valence-electron chi connectivity index (χ3n) is 3.15. The van der Waals surface area contributed by atoms with Gasteiger partial charge in [-0.05, 0) is 19.3 Å². The Hall–Kier alpha value is -1.56. The number of halogens is 1. The molecule has 1 aromatic rings. The van der Waals surface area contributed by atoms with Crippen LogP contribution in [-0.2, 0) is 11.8 Å². The summed E-state index contributed by atoms with van der Waals surface area (Å²) >= 11 is 5.91. The van der Waals surface area contributed by atoms with Crippen molar-refractivity contribution in [3.63, 3.8) is 0 Å². The molecule has 1 amide bonds. The molecule has 98 valence electrons. The highest BCUT2D eigenvalue weighted by Gasteiger charge is 2.34. The molecule has 1 N–H and O–H groups in total. The molecule has 2 rings (SSSR count). The number of hydrogen-bond donors (Lipinski definition) is 1. The molecule has 7 heteroatoms. The summed E-state index contributed by atoms with van der Waals surface area (Å²) in [5, 5.41) is 13.3. The first-order valence-electron chi connectivity index (χ1n) is 5.73. The van der Waals surface area contributed by atoms with Crippen molar-refractivity contribution < 1.29 is 14.7 Å². The lowest BCUT2D eigenvalue weighted by molar-refractivity contribution is -0.143. The molecule has 0 saturated carbocycles. The van der Waals surface area contributed by atoms with Gasteiger partial charge in [-0.2, -0.15) is 5.10 Å². The fourth-order valence-electron chi connectivity index (χ4n) is 2.22. The number of hydrogen-bond acceptors (Lipinski definition) is 3. The van der Waals surface area contributed by atoms with Crippen LogP contribution in [0, 0.1) is 0 Å². The number of carbonyl (C=O) groups is 2. The van der Waals surface area contributed by atoms with Crippen LogP contribution in [0.3, 0.4) is 0 Å². The average Bonchev–Trinajstić information content (AvgIpc) is 2.68. The van der Waals surface area contributed by atoms with Gasteiger partial charge < -0.3 is 10.0 Å². The first-order chi connectivity index (χ1) is 8.52. The average molecular weight is 272 g/mol. The van der Waals surface area contributed by atoms with Gasteiger partial charge in [-0.25, -0.2) is 4.79 Å². The second kappa shape index (κ2) is 4.97. The number of aromatic nitrogens is 2. The van der Waals surface area contributed by atoms with E-state index < -0.39 is 12.0 Å². The number of aryl methyl sites for hydroxylation is 1. The molecule has 0 aromatic carbocycles. The zero-order valence-corrected chi connectivity index (χ0v) is 10.7. The highest BCUT2D eigenvalue weighted by atomic mass is 35.5. The lowest BCUT2D eigenvalue weighted by Gasteiger charge is -2.32. The van der Waals surface area contributed by atoms with Crippen LogP contribution < -0.4 is 0 Å². The molecule has 18 heavy (non-hydrogen) atoms. The molecule has 1 saturated heterocycles. The van der Waals surface area contributed by atoms with Crippen molar-refractivity contribution in [2.24, 2.45) is 7.05 Å². The van der Waals surface area contributed by atoms with E-state index in [0.29, 0.717) is 13.0 Å². The van der Waals surface area contributed by atoms with E-state index in [1.54, 1.807) is 7.05 Å². The van der Waals surface area contributed by atoms with Gasteiger partial charge in [0.25, 0.3) is 5.91 Å². The zero-order valence-electron chi connectivity index (χ0n) is 9.97. The number of nitrogens with zero attached hydrogens (tertiary/aromatic N) is 3. The Labute approximate surface area is 109 Å². The quantitative estimate of drug-likeness (QED) is 0.876. The number of carboxylic acids is 1. The number of amides is 1. The van der Waals surface area contributed by atoms with Crippen LogP contribution in [-0.4, -0.2) is 44.3 Å². The van der Waals surface area contributed by atoms with Gasteiger partial charge in [-0.15, -0.1) is 0 Å². The highest BCUT2D eigenvalue weighted by molar-refractivity contribution is 6.33. The van der Waals surface area contributed by atoms with Gasteiger partial charge in [0, 0.05) is 13.6 Å². The normalized spacial score (nSPS) is 19.9. The number of piperidine rings is 1. The summed E-state index contributed by atoms with van der Waals surface area (Å²) in [4.78, 5) is 24.9. The molecule has 6 nitrogen and oxygen atoms in total. The van der Waals surface area contributed by atoms with Crippen molar-refractivity contribution >= 4 is 23.5 Å². The molecular formula is C11H14ClN3O3. The van der Waals surface area contributed by atoms with Gasteiger partial charge >= 0.3 is 5.97 Å². The van der Waals surface area contributed by atoms with E-state index >= 15 is 0 Å². The van der Waals surface area contributed by atoms with Gasteiger partial charge in [-0.1, -0.05) is 11.6 Å². The van der Waals surface area contributed by atoms with Crippen molar-refractivity contribution in [2.45, 2.75) is 25.3 Å². The predicted molar refractivity (Wildman–Crippen MR) is 64.5 cm³/mol. The highest BCUT2D eigenvalue weighted by Crippen LogP contribution is 2.23. The monoisotopic (exact) mass is 271 g/mol. The summed E-state index contributed by atoms with van der Waals surface area (Å²) in [6.07, 6.45) is 3.50. The third kappa shape index (κ3) is 2.20. The number of carboxylic acid groups (broad SMARTS) is 1. The Morgan fingerprint density at radius 2 is 2.22 bits per heavy atom. The molecule has 1 unspecified atom stereocenters. The molecule has 1 fully saturated rings. The molecule has 2 heterocycles. The van der Waals surface area contributed by atoms with Crippen LogP contribution in [0.4, 0.5) is 0 Å². The van der Waals surface area contributed by atoms with E-state index in [1.807, 2.05) is 0 Å². The van der Waals surface area contributed by atoms with Gasteiger partial charge in [0.05, 0.1) is 11.2 Å². The summed E-state index contributed by atoms with van der Waals surface area (Å²) in [5.74, 6) is -1.34. The first-order valence-corrected chi connectivity index (χ1v) is 6.11. The summed E-state index contributed by atoms with van der Waals surface area (Å²) in [7, 11) is 1.61. The molecule has 0 spiro atoms. The van der Waals surface area contributed by atoms with Crippen molar-refractivity contribution in [1.82, 2.24) is 14.7 Å². The summed E-state index contributed by atoms with van der Waals surface area (Å²) in [6.45, 7) is 0.442. The Kier molecular flexibility index (Phi) is 3.56. The maximum atomic E-state index is 12.3. The summed E-state index contributed by atoms with van der Waals surface area (Å²) in [5.41, 5.74) is 0.241. The largest absolute Gasteiger partial charge is 0.480 e. The Morgan fingerprint density at radius 3 is 2.78 bits per heavy atom. The standard InChI is InChI=1S/C11H14ClN3O3/c1-14-9(7(12)6-13-14)10(16)15-5-3-2-4-8(15)11(17)18/h6,8H,2-5H2,1H3,(H,17,18). The van der Waals surface area contributed by atoms with Gasteiger partial charge in [0.2, 0.25) is 0 Å². The van der Waals surface area contributed by atoms with Crippen molar-refractivity contribution in [1.29, 1.82) is 0 Å². The fraction of sp³-hybridized carbons (Fsp3) is 0.545. The minimum absolute atomic E-state index is 0.241. The minimum Gasteiger partial charge on any atom is -0.480 e. The van der Waals surface area contributed by atoms with Crippen LogP contribution in [0.2, 0.25) is 5.02 Å². The molecule has 1 aliphatic heterocycles. The summed E-state index contributed by atoms with van der Waals surface area (Å²) < 4.78 is 1.37. The van der Waals surface area contributed by atoms with Crippen LogP contribution in [0.5, 0.6) is 0 Å². The molecule has 0 aliphatic carbocycles. The summed E-state index contributed by atoms with van der Waals surface area (Å²) in [6, 6.07) is -0.766. The van der Waals surface area contributed by atoms with Crippen molar-refractivity contribution in [2.75, 3.05) is 6.54 Å². The van der Waals surface area contributed by atoms with Crippen LogP contribution in [0.25, 0.3) is 0 Å². The Bertz CT molecular complexity index is 466. The first kappa shape index (κ1) is 12.9. The fourth-order valence-corrected chi connectivity index (χ4v) is 2.47. The van der Waals surface area contributed by atoms with E-state index in [2.05, 4.69) is 5.10 Å². The maximum Gasteiger partial charge on any atom is 0.326 e. The van der Waals surface area contributed by atoms with Crippen molar-refractivity contribution in [3.8, 4) is 0 Å². The lowest BCUT2D eigenvalue weighted by atomic mass is 10.0. The molecule has 0 radical (unpaired) electrons. The Balaban J connectivity index is 2.29. The molecule has 1 aromatic heterocycles. The third-order valence-corrected chi connectivity index (χ3v) is 3.42. The topological polar surface area (TPSA) is 75.4 Å². The second-order valence-electron chi connectivity index (χ2n) is 4.31. The van der Waals surface area contributed by atoms with Crippen molar-refractivity contribution in [3.05, 3.63) is 16.9 Å². The molecule has 1 aliphatic rings. The smallest absolute Gasteiger partial charge is 0.326 e. The van der Waals surface area contributed by atoms with Gasteiger partial charge in [0.15, 0.2) is 0 Å². The number of likely N-dealkylation sites (tertiary alicyclic amines) is 1. The Morgan fingerprint density at radius 1 is 1.50 bits per heavy atom. The zero-order chi connectivity index (χ0) is 13.3. The van der Waals surface area contributed by atoms with E-state index in [9.17, 15) is 9.59 Å². The van der Waals surface area contributed by atoms with Crippen LogP contribution in [0.15, 0.2) is 6.20 Å². The maximum absolute atomic E-state index is 12.3. The molecular weight excluding hydrogens is 258 g/mol. The minimum atomic E-state index is -0.971. The van der Waals surface area contributed by atoms with Crippen LogP contribution >= 0.6 is 11.6 Å². The number of carbonyl (C=O) groups excluding carboxylic acids is 1. The lowest BCUT2D eigenvalue weighted by Crippen LogP contribution is -2.48. The van der Waals surface area contributed by atoms with E-state index in [4.69, 9.17) is 16.7 Å². The van der Waals surface area contributed by atoms with Crippen LogP contribution in [0.1, 0.15) is 29.8 Å². The van der Waals surface area contributed by atoms with E-state index in [1.165, 1.54) is 15.8 Å². The predicted octanol–water partition coefficient (Wildman–Crippen LogP) is 1.15. The SMILES string of the molecule is Cn1ncc(Cl)c1C(=O)N1CCCCC1C(=O)O. The number of aliphatic carboxylic acids is 1. The second-order valence-corrected chi connectivity index (χ2v) is 4.72. The molecule has 1 atom stereocenters.